The first-order chi connectivity index (χ1) is 14.3. The first kappa shape index (κ1) is 22.4. The van der Waals surface area contributed by atoms with E-state index in [0.717, 1.165) is 32.4 Å². The summed E-state index contributed by atoms with van der Waals surface area (Å²) >= 11 is 0. The minimum absolute atomic E-state index is 0.173. The Balaban J connectivity index is 1.65. The predicted octanol–water partition coefficient (Wildman–Crippen LogP) is 5.77. The standard InChI is InChI=1S/C26H36N2O2/c1-20-17-23(15-16-24(20)27-25(29)30-26(2,3)4)28(18-21-11-7-5-8-12-21)19-22-13-9-6-10-14-22/h5-14,20,23-24H,15-19H2,1-4H3,(H,27,29)/t20-,23-,24-/m0/s1. The fourth-order valence-corrected chi connectivity index (χ4v) is 4.32. The summed E-state index contributed by atoms with van der Waals surface area (Å²) in [4.78, 5) is 14.8. The monoisotopic (exact) mass is 408 g/mol. The highest BCUT2D eigenvalue weighted by molar-refractivity contribution is 5.68. The number of alkyl carbamates (subject to hydrolysis) is 1. The highest BCUT2D eigenvalue weighted by atomic mass is 16.6. The number of carbonyl (C=O) groups excluding carboxylic acids is 1. The number of ether oxygens (including phenoxy) is 1. The Hall–Kier alpha value is -2.33. The quantitative estimate of drug-likeness (QED) is 0.660. The number of nitrogens with zero attached hydrogens (tertiary/aromatic N) is 1. The van der Waals surface area contributed by atoms with Gasteiger partial charge in [-0.05, 0) is 57.1 Å². The van der Waals surface area contributed by atoms with E-state index in [9.17, 15) is 4.79 Å². The SMILES string of the molecule is C[C@H]1C[C@@H](N(Cc2ccccc2)Cc2ccccc2)CC[C@@H]1NC(=O)OC(C)(C)C. The molecule has 3 rings (SSSR count). The summed E-state index contributed by atoms with van der Waals surface area (Å²) in [6, 6.07) is 22.1. The van der Waals surface area contributed by atoms with E-state index in [1.807, 2.05) is 20.8 Å². The lowest BCUT2D eigenvalue weighted by Crippen LogP contribution is -2.48. The zero-order valence-electron chi connectivity index (χ0n) is 18.8. The number of amides is 1. The van der Waals surface area contributed by atoms with Crippen LogP contribution in [0.2, 0.25) is 0 Å². The largest absolute Gasteiger partial charge is 0.444 e. The molecule has 0 bridgehead atoms. The molecular formula is C26H36N2O2. The second kappa shape index (κ2) is 10.1. The maximum atomic E-state index is 12.2. The number of carbonyl (C=O) groups is 1. The van der Waals surface area contributed by atoms with Crippen LogP contribution in [-0.4, -0.2) is 28.7 Å². The fraction of sp³-hybridized carbons (Fsp3) is 0.500. The van der Waals surface area contributed by atoms with Crippen molar-refractivity contribution in [2.24, 2.45) is 5.92 Å². The molecule has 0 spiro atoms. The molecule has 4 nitrogen and oxygen atoms in total. The first-order valence-corrected chi connectivity index (χ1v) is 11.1. The summed E-state index contributed by atoms with van der Waals surface area (Å²) in [7, 11) is 0. The molecule has 1 fully saturated rings. The Bertz CT molecular complexity index is 744. The fourth-order valence-electron chi connectivity index (χ4n) is 4.32. The topological polar surface area (TPSA) is 41.6 Å². The van der Waals surface area contributed by atoms with Crippen LogP contribution in [0.15, 0.2) is 60.7 Å². The van der Waals surface area contributed by atoms with Crippen molar-refractivity contribution >= 4 is 6.09 Å². The van der Waals surface area contributed by atoms with Crippen LogP contribution < -0.4 is 5.32 Å². The molecule has 2 aromatic carbocycles. The van der Waals surface area contributed by atoms with Crippen LogP contribution in [0.1, 0.15) is 58.1 Å². The zero-order chi connectivity index (χ0) is 21.6. The van der Waals surface area contributed by atoms with Crippen LogP contribution >= 0.6 is 0 Å². The molecule has 4 heteroatoms. The normalized spacial score (nSPS) is 22.0. The van der Waals surface area contributed by atoms with E-state index in [4.69, 9.17) is 4.74 Å². The average molecular weight is 409 g/mol. The van der Waals surface area contributed by atoms with Crippen molar-refractivity contribution in [2.45, 2.75) is 77.7 Å². The Morgan fingerprint density at radius 2 is 1.50 bits per heavy atom. The van der Waals surface area contributed by atoms with Gasteiger partial charge in [-0.1, -0.05) is 67.6 Å². The van der Waals surface area contributed by atoms with Gasteiger partial charge in [0.05, 0.1) is 0 Å². The molecule has 0 saturated heterocycles. The molecule has 1 N–H and O–H groups in total. The molecule has 0 radical (unpaired) electrons. The maximum absolute atomic E-state index is 12.2. The molecule has 0 aliphatic heterocycles. The van der Waals surface area contributed by atoms with Crippen LogP contribution in [-0.2, 0) is 17.8 Å². The Morgan fingerprint density at radius 3 is 1.97 bits per heavy atom. The van der Waals surface area contributed by atoms with Crippen LogP contribution in [0.5, 0.6) is 0 Å². The second-order valence-electron chi connectivity index (χ2n) is 9.57. The first-order valence-electron chi connectivity index (χ1n) is 11.1. The van der Waals surface area contributed by atoms with Crippen LogP contribution in [0.4, 0.5) is 4.79 Å². The maximum Gasteiger partial charge on any atom is 0.407 e. The molecular weight excluding hydrogens is 372 g/mol. The van der Waals surface area contributed by atoms with Crippen molar-refractivity contribution in [3.05, 3.63) is 71.8 Å². The van der Waals surface area contributed by atoms with E-state index in [2.05, 4.69) is 77.8 Å². The van der Waals surface area contributed by atoms with Gasteiger partial charge in [0.25, 0.3) is 0 Å². The number of hydrogen-bond donors (Lipinski definition) is 1. The van der Waals surface area contributed by atoms with Crippen molar-refractivity contribution in [1.82, 2.24) is 10.2 Å². The van der Waals surface area contributed by atoms with E-state index in [1.54, 1.807) is 0 Å². The van der Waals surface area contributed by atoms with Gasteiger partial charge in [-0.2, -0.15) is 0 Å². The molecule has 162 valence electrons. The van der Waals surface area contributed by atoms with Gasteiger partial charge in [0, 0.05) is 25.2 Å². The smallest absolute Gasteiger partial charge is 0.407 e. The van der Waals surface area contributed by atoms with Crippen LogP contribution in [0.25, 0.3) is 0 Å². The summed E-state index contributed by atoms with van der Waals surface area (Å²) in [5.41, 5.74) is 2.22. The van der Waals surface area contributed by atoms with Gasteiger partial charge in [-0.15, -0.1) is 0 Å². The van der Waals surface area contributed by atoms with Crippen molar-refractivity contribution in [3.8, 4) is 0 Å². The van der Waals surface area contributed by atoms with E-state index in [0.29, 0.717) is 12.0 Å². The molecule has 1 aliphatic rings. The van der Waals surface area contributed by atoms with Gasteiger partial charge in [0.2, 0.25) is 0 Å². The Morgan fingerprint density at radius 1 is 0.967 bits per heavy atom. The van der Waals surface area contributed by atoms with Crippen molar-refractivity contribution in [2.75, 3.05) is 0 Å². The molecule has 2 aromatic rings. The molecule has 1 saturated carbocycles. The van der Waals surface area contributed by atoms with E-state index < -0.39 is 5.60 Å². The molecule has 0 unspecified atom stereocenters. The number of rotatable bonds is 6. The lowest BCUT2D eigenvalue weighted by molar-refractivity contribution is 0.0429. The van der Waals surface area contributed by atoms with Crippen molar-refractivity contribution < 1.29 is 9.53 Å². The molecule has 0 aromatic heterocycles. The third kappa shape index (κ3) is 6.88. The zero-order valence-corrected chi connectivity index (χ0v) is 18.8. The van der Waals surface area contributed by atoms with Gasteiger partial charge in [0.15, 0.2) is 0 Å². The number of hydrogen-bond acceptors (Lipinski definition) is 3. The Labute approximate surface area is 181 Å². The van der Waals surface area contributed by atoms with Crippen LogP contribution in [0, 0.1) is 5.92 Å². The molecule has 0 heterocycles. The lowest BCUT2D eigenvalue weighted by atomic mass is 9.81. The van der Waals surface area contributed by atoms with Gasteiger partial charge in [0.1, 0.15) is 5.60 Å². The summed E-state index contributed by atoms with van der Waals surface area (Å²) in [6.07, 6.45) is 2.82. The summed E-state index contributed by atoms with van der Waals surface area (Å²) in [6.45, 7) is 9.83. The molecule has 30 heavy (non-hydrogen) atoms. The second-order valence-corrected chi connectivity index (χ2v) is 9.57. The molecule has 1 aliphatic carbocycles. The highest BCUT2D eigenvalue weighted by Crippen LogP contribution is 2.30. The third-order valence-corrected chi connectivity index (χ3v) is 5.82. The third-order valence-electron chi connectivity index (χ3n) is 5.82. The predicted molar refractivity (Wildman–Crippen MR) is 122 cm³/mol. The molecule has 3 atom stereocenters. The highest BCUT2D eigenvalue weighted by Gasteiger charge is 2.32. The summed E-state index contributed by atoms with van der Waals surface area (Å²) in [5.74, 6) is 0.408. The average Bonchev–Trinajstić information content (AvgIpc) is 2.69. The number of nitrogens with one attached hydrogen (secondary N) is 1. The van der Waals surface area contributed by atoms with E-state index in [1.165, 1.54) is 11.1 Å². The van der Waals surface area contributed by atoms with Crippen molar-refractivity contribution in [3.63, 3.8) is 0 Å². The summed E-state index contributed by atoms with van der Waals surface area (Å²) in [5, 5.41) is 3.10. The van der Waals surface area contributed by atoms with Gasteiger partial charge >= 0.3 is 6.09 Å². The Kier molecular flexibility index (Phi) is 7.54. The van der Waals surface area contributed by atoms with Gasteiger partial charge in [-0.25, -0.2) is 4.79 Å². The minimum atomic E-state index is -0.466. The van der Waals surface area contributed by atoms with Gasteiger partial charge in [-0.3, -0.25) is 4.90 Å². The lowest BCUT2D eigenvalue weighted by Gasteiger charge is -2.40. The van der Waals surface area contributed by atoms with E-state index in [-0.39, 0.29) is 12.1 Å². The summed E-state index contributed by atoms with van der Waals surface area (Å²) < 4.78 is 5.46. The minimum Gasteiger partial charge on any atom is -0.444 e. The molecule has 1 amide bonds. The van der Waals surface area contributed by atoms with Crippen LogP contribution in [0.3, 0.4) is 0 Å². The van der Waals surface area contributed by atoms with E-state index >= 15 is 0 Å². The van der Waals surface area contributed by atoms with Crippen molar-refractivity contribution in [1.29, 1.82) is 0 Å². The number of benzene rings is 2. The van der Waals surface area contributed by atoms with Gasteiger partial charge < -0.3 is 10.1 Å².